The topological polar surface area (TPSA) is 142 Å². The Morgan fingerprint density at radius 3 is 2.68 bits per heavy atom. The van der Waals surface area contributed by atoms with Gasteiger partial charge in [0.25, 0.3) is 5.91 Å². The zero-order chi connectivity index (χ0) is 26.1. The van der Waals surface area contributed by atoms with Crippen LogP contribution < -0.4 is 16.0 Å². The third kappa shape index (κ3) is 6.16. The SMILES string of the molecule is Cc1nnc([C@H]2CC[C@H](NC(=O)C(=O)NC3CC=C(Cl)S3)[C@H](NC(=O)c3nc4c(s3)CN(C)CC4)C2)o1. The first kappa shape index (κ1) is 26.1. The molecule has 37 heavy (non-hydrogen) atoms. The highest BCUT2D eigenvalue weighted by atomic mass is 35.5. The van der Waals surface area contributed by atoms with Gasteiger partial charge in [0, 0.05) is 43.3 Å². The molecule has 0 saturated heterocycles. The quantitative estimate of drug-likeness (QED) is 0.464. The van der Waals surface area contributed by atoms with E-state index in [-0.39, 0.29) is 17.2 Å². The second-order valence-corrected chi connectivity index (χ2v) is 12.5. The van der Waals surface area contributed by atoms with Crippen molar-refractivity contribution in [1.82, 2.24) is 36.0 Å². The molecule has 2 aliphatic heterocycles. The number of aromatic nitrogens is 3. The van der Waals surface area contributed by atoms with Gasteiger partial charge in [-0.05, 0) is 32.7 Å². The van der Waals surface area contributed by atoms with Crippen LogP contribution in [0.4, 0.5) is 0 Å². The number of fused-ring (bicyclic) bond motifs is 1. The Labute approximate surface area is 227 Å². The Morgan fingerprint density at radius 1 is 1.14 bits per heavy atom. The monoisotopic (exact) mass is 565 g/mol. The summed E-state index contributed by atoms with van der Waals surface area (Å²) in [7, 11) is 2.05. The Morgan fingerprint density at radius 2 is 1.95 bits per heavy atom. The molecule has 11 nitrogen and oxygen atoms in total. The molecule has 2 aromatic rings. The first-order valence-corrected chi connectivity index (χ1v) is 14.2. The standard InChI is InChI=1S/C23H28ClN7O4S2/c1-11-29-30-22(35-11)12-3-4-13(25-19(32)20(33)28-18-6-5-17(24)37-18)15(9-12)26-21(34)23-27-14-7-8-31(2)10-16(14)36-23/h5,12-13,15,18H,3-4,6-10H2,1-2H3,(H,25,32)(H,26,34)(H,28,33)/t12-,13-,15+,18?/m0/s1. The summed E-state index contributed by atoms with van der Waals surface area (Å²) < 4.78 is 6.24. The number of hydrogen-bond acceptors (Lipinski definition) is 10. The highest BCUT2D eigenvalue weighted by molar-refractivity contribution is 8.05. The Hall–Kier alpha value is -2.48. The summed E-state index contributed by atoms with van der Waals surface area (Å²) in [5.74, 6) is -0.854. The number of carbonyl (C=O) groups excluding carboxylic acids is 3. The van der Waals surface area contributed by atoms with Crippen molar-refractivity contribution in [1.29, 1.82) is 0 Å². The van der Waals surface area contributed by atoms with Gasteiger partial charge in [-0.3, -0.25) is 14.4 Å². The molecule has 1 fully saturated rings. The molecule has 1 unspecified atom stereocenters. The fourth-order valence-corrected chi connectivity index (χ4v) is 7.15. The van der Waals surface area contributed by atoms with Gasteiger partial charge in [0.05, 0.1) is 21.5 Å². The van der Waals surface area contributed by atoms with Gasteiger partial charge in [-0.15, -0.1) is 21.5 Å². The van der Waals surface area contributed by atoms with E-state index < -0.39 is 23.9 Å². The highest BCUT2D eigenvalue weighted by Gasteiger charge is 2.37. The number of nitrogens with zero attached hydrogens (tertiary/aromatic N) is 4. The van der Waals surface area contributed by atoms with Gasteiger partial charge in [-0.1, -0.05) is 29.4 Å². The van der Waals surface area contributed by atoms with Crippen LogP contribution in [0.25, 0.3) is 0 Å². The van der Waals surface area contributed by atoms with E-state index in [1.807, 2.05) is 7.05 Å². The second-order valence-electron chi connectivity index (χ2n) is 9.53. The van der Waals surface area contributed by atoms with Crippen molar-refractivity contribution in [2.75, 3.05) is 13.6 Å². The molecule has 3 aliphatic rings. The van der Waals surface area contributed by atoms with Crippen LogP contribution in [0.3, 0.4) is 0 Å². The molecule has 5 rings (SSSR count). The van der Waals surface area contributed by atoms with Crippen LogP contribution in [-0.2, 0) is 22.6 Å². The number of rotatable bonds is 5. The number of hydrogen-bond donors (Lipinski definition) is 3. The van der Waals surface area contributed by atoms with Crippen LogP contribution in [0.5, 0.6) is 0 Å². The van der Waals surface area contributed by atoms with Crippen LogP contribution >= 0.6 is 34.7 Å². The van der Waals surface area contributed by atoms with Crippen molar-refractivity contribution in [2.24, 2.45) is 0 Å². The van der Waals surface area contributed by atoms with E-state index in [0.717, 1.165) is 30.1 Å². The normalized spacial score (nSPS) is 25.8. The lowest BCUT2D eigenvalue weighted by molar-refractivity contribution is -0.140. The Kier molecular flexibility index (Phi) is 7.84. The van der Waals surface area contributed by atoms with E-state index in [0.29, 0.717) is 46.8 Å². The average molecular weight is 566 g/mol. The average Bonchev–Trinajstić information content (AvgIpc) is 3.59. The molecule has 4 atom stereocenters. The van der Waals surface area contributed by atoms with Crippen molar-refractivity contribution in [3.05, 3.63) is 37.8 Å². The molecule has 4 heterocycles. The predicted molar refractivity (Wildman–Crippen MR) is 139 cm³/mol. The maximum absolute atomic E-state index is 13.2. The number of thioether (sulfide) groups is 1. The van der Waals surface area contributed by atoms with E-state index in [4.69, 9.17) is 16.0 Å². The van der Waals surface area contributed by atoms with Crippen LogP contribution in [0.2, 0.25) is 0 Å². The summed E-state index contributed by atoms with van der Waals surface area (Å²) in [5, 5.41) is 16.8. The molecule has 198 valence electrons. The molecular weight excluding hydrogens is 538 g/mol. The van der Waals surface area contributed by atoms with Gasteiger partial charge in [0.2, 0.25) is 11.8 Å². The van der Waals surface area contributed by atoms with E-state index in [2.05, 4.69) is 36.0 Å². The lowest BCUT2D eigenvalue weighted by Gasteiger charge is -2.35. The molecule has 0 aromatic carbocycles. The maximum atomic E-state index is 13.2. The number of likely N-dealkylation sites (N-methyl/N-ethyl adjacent to an activating group) is 1. The van der Waals surface area contributed by atoms with Crippen LogP contribution in [0.1, 0.15) is 63.8 Å². The van der Waals surface area contributed by atoms with E-state index in [1.54, 1.807) is 13.0 Å². The Balaban J connectivity index is 1.27. The lowest BCUT2D eigenvalue weighted by atomic mass is 9.82. The summed E-state index contributed by atoms with van der Waals surface area (Å²) in [4.78, 5) is 46.4. The number of thiazole rings is 1. The van der Waals surface area contributed by atoms with Crippen molar-refractivity contribution in [3.8, 4) is 0 Å². The second kappa shape index (κ2) is 11.1. The molecule has 0 bridgehead atoms. The first-order chi connectivity index (χ1) is 17.7. The van der Waals surface area contributed by atoms with Crippen molar-refractivity contribution in [2.45, 2.75) is 68.9 Å². The predicted octanol–water partition coefficient (Wildman–Crippen LogP) is 2.03. The summed E-state index contributed by atoms with van der Waals surface area (Å²) in [5.41, 5.74) is 0.969. The summed E-state index contributed by atoms with van der Waals surface area (Å²) in [6.07, 6.45) is 4.84. The van der Waals surface area contributed by atoms with Gasteiger partial charge >= 0.3 is 11.8 Å². The number of carbonyl (C=O) groups is 3. The maximum Gasteiger partial charge on any atom is 0.310 e. The fourth-order valence-electron chi connectivity index (χ4n) is 4.82. The summed E-state index contributed by atoms with van der Waals surface area (Å²) in [6, 6.07) is -0.892. The zero-order valence-corrected chi connectivity index (χ0v) is 22.8. The van der Waals surface area contributed by atoms with Gasteiger partial charge < -0.3 is 25.3 Å². The van der Waals surface area contributed by atoms with Crippen LogP contribution in [-0.4, -0.2) is 68.9 Å². The first-order valence-electron chi connectivity index (χ1n) is 12.2. The number of halogens is 1. The minimum absolute atomic E-state index is 0.0743. The minimum atomic E-state index is -0.743. The fraction of sp³-hybridized carbons (Fsp3) is 0.565. The number of nitrogens with one attached hydrogen (secondary N) is 3. The smallest absolute Gasteiger partial charge is 0.310 e. The van der Waals surface area contributed by atoms with Crippen LogP contribution in [0, 0.1) is 6.92 Å². The third-order valence-corrected chi connectivity index (χ3v) is 9.23. The lowest BCUT2D eigenvalue weighted by Crippen LogP contribution is -2.56. The van der Waals surface area contributed by atoms with Gasteiger partial charge in [0.1, 0.15) is 0 Å². The van der Waals surface area contributed by atoms with E-state index in [9.17, 15) is 14.4 Å². The molecular formula is C23H28ClN7O4S2. The van der Waals surface area contributed by atoms with E-state index >= 15 is 0 Å². The van der Waals surface area contributed by atoms with Crippen LogP contribution in [0.15, 0.2) is 14.9 Å². The van der Waals surface area contributed by atoms with Gasteiger partial charge in [0.15, 0.2) is 5.01 Å². The highest BCUT2D eigenvalue weighted by Crippen LogP contribution is 2.34. The molecule has 0 spiro atoms. The molecule has 1 saturated carbocycles. The van der Waals surface area contributed by atoms with Gasteiger partial charge in [-0.25, -0.2) is 4.98 Å². The third-order valence-electron chi connectivity index (χ3n) is 6.74. The molecule has 3 N–H and O–H groups in total. The number of aryl methyl sites for hydroxylation is 1. The van der Waals surface area contributed by atoms with Crippen molar-refractivity contribution in [3.63, 3.8) is 0 Å². The zero-order valence-electron chi connectivity index (χ0n) is 20.5. The number of amides is 3. The molecule has 0 radical (unpaired) electrons. The van der Waals surface area contributed by atoms with E-state index in [1.165, 1.54) is 23.1 Å². The van der Waals surface area contributed by atoms with Gasteiger partial charge in [-0.2, -0.15) is 0 Å². The largest absolute Gasteiger partial charge is 0.425 e. The van der Waals surface area contributed by atoms with Crippen molar-refractivity contribution < 1.29 is 18.8 Å². The molecule has 1 aliphatic carbocycles. The molecule has 14 heteroatoms. The molecule has 3 amide bonds. The Bertz CT molecular complexity index is 1230. The minimum Gasteiger partial charge on any atom is -0.425 e. The molecule has 2 aromatic heterocycles. The summed E-state index contributed by atoms with van der Waals surface area (Å²) >= 11 is 8.66. The van der Waals surface area contributed by atoms with Crippen molar-refractivity contribution >= 4 is 52.4 Å². The summed E-state index contributed by atoms with van der Waals surface area (Å²) in [6.45, 7) is 3.41.